The quantitative estimate of drug-likeness (QED) is 0.220. The van der Waals surface area contributed by atoms with Gasteiger partial charge in [-0.05, 0) is 44.2 Å². The third-order valence-corrected chi connectivity index (χ3v) is 8.39. The molecule has 0 unspecified atom stereocenters. The Hall–Kier alpha value is -4.16. The minimum Gasteiger partial charge on any atom is -0.382 e. The largest absolute Gasteiger partial charge is 0.382 e. The molecule has 8 nitrogen and oxygen atoms in total. The molecule has 3 aromatic heterocycles. The van der Waals surface area contributed by atoms with E-state index in [9.17, 15) is 13.6 Å². The van der Waals surface area contributed by atoms with Gasteiger partial charge in [0.2, 0.25) is 0 Å². The van der Waals surface area contributed by atoms with Gasteiger partial charge in [0.05, 0.1) is 27.0 Å². The highest BCUT2D eigenvalue weighted by molar-refractivity contribution is 7.16. The minimum absolute atomic E-state index is 0.167. The highest BCUT2D eigenvalue weighted by Crippen LogP contribution is 2.34. The summed E-state index contributed by atoms with van der Waals surface area (Å²) in [6.07, 6.45) is 1.77. The van der Waals surface area contributed by atoms with E-state index >= 15 is 0 Å². The number of amides is 1. The van der Waals surface area contributed by atoms with Crippen LogP contribution in [0.4, 0.5) is 31.7 Å². The molecule has 0 saturated carbocycles. The molecule has 1 aliphatic heterocycles. The zero-order chi connectivity index (χ0) is 28.5. The molecule has 1 aliphatic rings. The van der Waals surface area contributed by atoms with Gasteiger partial charge >= 0.3 is 0 Å². The number of carbonyl (C=O) groups excluding carboxylic acids is 1. The first-order valence-electron chi connectivity index (χ1n) is 13.2. The monoisotopic (exact) mass is 591 g/mol. The predicted octanol–water partition coefficient (Wildman–Crippen LogP) is 6.62. The summed E-state index contributed by atoms with van der Waals surface area (Å²) >= 11 is 2.98. The van der Waals surface area contributed by atoms with Gasteiger partial charge in [-0.15, -0.1) is 22.7 Å². The lowest BCUT2D eigenvalue weighted by atomic mass is 10.2. The molecule has 1 saturated heterocycles. The number of anilines is 4. The lowest BCUT2D eigenvalue weighted by molar-refractivity contribution is 0.0741. The van der Waals surface area contributed by atoms with Gasteiger partial charge < -0.3 is 20.4 Å². The van der Waals surface area contributed by atoms with E-state index < -0.39 is 11.6 Å². The second-order valence-corrected chi connectivity index (χ2v) is 11.7. The third-order valence-electron chi connectivity index (χ3n) is 6.72. The van der Waals surface area contributed by atoms with Gasteiger partial charge in [0.1, 0.15) is 28.2 Å². The van der Waals surface area contributed by atoms with Crippen LogP contribution in [0.25, 0.3) is 20.8 Å². The van der Waals surface area contributed by atoms with Crippen LogP contribution in [0, 0.1) is 11.6 Å². The molecule has 0 aliphatic carbocycles. The van der Waals surface area contributed by atoms with E-state index in [0.29, 0.717) is 48.4 Å². The molecule has 0 spiro atoms. The van der Waals surface area contributed by atoms with Crippen LogP contribution in [0.3, 0.4) is 0 Å². The zero-order valence-corrected chi connectivity index (χ0v) is 24.0. The third kappa shape index (κ3) is 5.84. The Labute approximate surface area is 243 Å². The number of fused-ring (bicyclic) bond motifs is 1. The van der Waals surface area contributed by atoms with Crippen LogP contribution in [0.1, 0.15) is 24.3 Å². The summed E-state index contributed by atoms with van der Waals surface area (Å²) in [5.41, 5.74) is 6.08. The van der Waals surface area contributed by atoms with Crippen molar-refractivity contribution >= 4 is 61.7 Å². The van der Waals surface area contributed by atoms with Crippen molar-refractivity contribution in [2.45, 2.75) is 19.9 Å². The number of nitrogens with one attached hydrogen (secondary N) is 2. The summed E-state index contributed by atoms with van der Waals surface area (Å²) in [6, 6.07) is 11.7. The average molecular weight is 592 g/mol. The van der Waals surface area contributed by atoms with Gasteiger partial charge in [-0.1, -0.05) is 0 Å². The Morgan fingerprint density at radius 3 is 2.61 bits per heavy atom. The fourth-order valence-corrected chi connectivity index (χ4v) is 6.28. The first-order chi connectivity index (χ1) is 19.8. The first-order valence-corrected chi connectivity index (χ1v) is 14.9. The van der Waals surface area contributed by atoms with Crippen molar-refractivity contribution in [3.05, 3.63) is 76.9 Å². The minimum atomic E-state index is -0.610. The number of aromatic nitrogens is 3. The van der Waals surface area contributed by atoms with E-state index in [1.165, 1.54) is 23.5 Å². The van der Waals surface area contributed by atoms with Crippen LogP contribution in [-0.2, 0) is 0 Å². The number of piperazine rings is 1. The van der Waals surface area contributed by atoms with Crippen LogP contribution in [-0.4, -0.2) is 58.0 Å². The number of nitrogens with zero attached hydrogens (tertiary/aromatic N) is 5. The molecule has 1 fully saturated rings. The van der Waals surface area contributed by atoms with Gasteiger partial charge in [0.15, 0.2) is 0 Å². The summed E-state index contributed by atoms with van der Waals surface area (Å²) in [5.74, 6) is -0.699. The van der Waals surface area contributed by atoms with Crippen molar-refractivity contribution in [1.29, 1.82) is 0 Å². The Morgan fingerprint density at radius 2 is 1.83 bits per heavy atom. The fraction of sp³-hybridized carbons (Fsp3) is 0.241. The van der Waals surface area contributed by atoms with Crippen LogP contribution < -0.4 is 15.5 Å². The smallest absolute Gasteiger partial charge is 0.273 e. The van der Waals surface area contributed by atoms with Crippen LogP contribution >= 0.6 is 22.7 Å². The van der Waals surface area contributed by atoms with Crippen molar-refractivity contribution in [2.75, 3.05) is 41.7 Å². The van der Waals surface area contributed by atoms with Crippen molar-refractivity contribution in [3.8, 4) is 10.6 Å². The number of benzene rings is 2. The SMILES string of the molecule is CC(C)Nc1cc(Nc2ccc3ncsc3c2)ncc1-c1nc(C(=O)N2CCN(c3ccc(F)cc3F)CC2)cs1. The number of thiazole rings is 2. The summed E-state index contributed by atoms with van der Waals surface area (Å²) in [7, 11) is 0. The summed E-state index contributed by atoms with van der Waals surface area (Å²) < 4.78 is 28.6. The second kappa shape index (κ2) is 11.4. The number of rotatable bonds is 7. The Balaban J connectivity index is 1.17. The molecule has 0 radical (unpaired) electrons. The van der Waals surface area contributed by atoms with Gasteiger partial charge in [-0.25, -0.2) is 23.7 Å². The number of hydrogen-bond acceptors (Lipinski definition) is 9. The van der Waals surface area contributed by atoms with E-state index in [1.54, 1.807) is 27.8 Å². The van der Waals surface area contributed by atoms with Crippen LogP contribution in [0.15, 0.2) is 59.6 Å². The van der Waals surface area contributed by atoms with E-state index in [1.807, 2.05) is 34.7 Å². The van der Waals surface area contributed by atoms with Gasteiger partial charge in [-0.3, -0.25) is 4.79 Å². The molecule has 1 amide bonds. The molecule has 2 aromatic carbocycles. The van der Waals surface area contributed by atoms with Crippen LogP contribution in [0.2, 0.25) is 0 Å². The maximum Gasteiger partial charge on any atom is 0.273 e. The normalized spacial score (nSPS) is 13.7. The van der Waals surface area contributed by atoms with Crippen molar-refractivity contribution < 1.29 is 13.6 Å². The van der Waals surface area contributed by atoms with E-state index in [-0.39, 0.29) is 11.9 Å². The molecule has 4 heterocycles. The summed E-state index contributed by atoms with van der Waals surface area (Å²) in [6.45, 7) is 5.84. The lowest BCUT2D eigenvalue weighted by Gasteiger charge is -2.35. The molecular weight excluding hydrogens is 564 g/mol. The Morgan fingerprint density at radius 1 is 1.00 bits per heavy atom. The average Bonchev–Trinajstić information content (AvgIpc) is 3.63. The molecule has 12 heteroatoms. The Bertz CT molecular complexity index is 1710. The highest BCUT2D eigenvalue weighted by Gasteiger charge is 2.26. The molecule has 6 rings (SSSR count). The number of pyridine rings is 1. The standard InChI is InChI=1S/C29H27F2N7OS2/c1-17(2)34-23-13-27(35-19-4-5-22-26(12-19)41-16-33-22)32-14-20(23)28-36-24(15-40-28)29(39)38-9-7-37(8-10-38)25-6-3-18(30)11-21(25)31/h3-6,11-17H,7-10H2,1-2H3,(H2,32,34,35). The first kappa shape index (κ1) is 27.0. The van der Waals surface area contributed by atoms with Crippen molar-refractivity contribution in [1.82, 2.24) is 19.9 Å². The topological polar surface area (TPSA) is 86.3 Å². The maximum atomic E-state index is 14.2. The molecule has 5 aromatic rings. The molecule has 41 heavy (non-hydrogen) atoms. The summed E-state index contributed by atoms with van der Waals surface area (Å²) in [4.78, 5) is 30.4. The van der Waals surface area contributed by atoms with E-state index in [0.717, 1.165) is 33.2 Å². The van der Waals surface area contributed by atoms with Crippen molar-refractivity contribution in [3.63, 3.8) is 0 Å². The number of halogens is 2. The van der Waals surface area contributed by atoms with Gasteiger partial charge in [0.25, 0.3) is 5.91 Å². The molecule has 2 N–H and O–H groups in total. The lowest BCUT2D eigenvalue weighted by Crippen LogP contribution is -2.49. The van der Waals surface area contributed by atoms with E-state index in [2.05, 4.69) is 39.4 Å². The Kier molecular flexibility index (Phi) is 7.50. The van der Waals surface area contributed by atoms with Crippen molar-refractivity contribution in [2.24, 2.45) is 0 Å². The highest BCUT2D eigenvalue weighted by atomic mass is 32.1. The molecule has 0 bridgehead atoms. The van der Waals surface area contributed by atoms with E-state index in [4.69, 9.17) is 0 Å². The van der Waals surface area contributed by atoms with Gasteiger partial charge in [0, 0.05) is 67.3 Å². The fourth-order valence-electron chi connectivity index (χ4n) is 4.75. The number of hydrogen-bond donors (Lipinski definition) is 2. The summed E-state index contributed by atoms with van der Waals surface area (Å²) in [5, 5.41) is 9.30. The van der Waals surface area contributed by atoms with Crippen LogP contribution in [0.5, 0.6) is 0 Å². The maximum absolute atomic E-state index is 14.2. The molecular formula is C29H27F2N7OS2. The second-order valence-electron chi connectivity index (χ2n) is 9.99. The molecule has 0 atom stereocenters. The zero-order valence-electron chi connectivity index (χ0n) is 22.4. The molecule has 210 valence electrons. The van der Waals surface area contributed by atoms with Gasteiger partial charge in [-0.2, -0.15) is 0 Å². The number of carbonyl (C=O) groups is 1. The predicted molar refractivity (Wildman–Crippen MR) is 161 cm³/mol.